The first kappa shape index (κ1) is 56.1. The highest BCUT2D eigenvalue weighted by atomic mass is 16.6. The number of hydrogen-bond donors (Lipinski definition) is 0. The maximum Gasteiger partial charge on any atom is 0.309 e. The lowest BCUT2D eigenvalue weighted by atomic mass is 10.0. The van der Waals surface area contributed by atoms with Gasteiger partial charge in [-0.05, 0) is 57.8 Å². The summed E-state index contributed by atoms with van der Waals surface area (Å²) in [7, 11) is 0. The maximum absolute atomic E-state index is 12.7. The number of allylic oxidation sites excluding steroid dienone is 9. The predicted octanol–water partition coefficient (Wildman–Crippen LogP) is 16.1. The van der Waals surface area contributed by atoms with Crippen LogP contribution in [0.1, 0.15) is 239 Å². The third kappa shape index (κ3) is 46.0. The molecule has 6 nitrogen and oxygen atoms in total. The second-order valence-corrected chi connectivity index (χ2v) is 16.4. The Labute approximate surface area is 364 Å². The van der Waals surface area contributed by atoms with E-state index < -0.39 is 12.1 Å². The van der Waals surface area contributed by atoms with Crippen molar-refractivity contribution in [2.45, 2.75) is 245 Å². The summed E-state index contributed by atoms with van der Waals surface area (Å²) in [6.07, 6.45) is 58.1. The largest absolute Gasteiger partial charge is 0.462 e. The van der Waals surface area contributed by atoms with Crippen molar-refractivity contribution in [3.63, 3.8) is 0 Å². The second-order valence-electron chi connectivity index (χ2n) is 16.4. The lowest BCUT2D eigenvalue weighted by Gasteiger charge is -2.18. The van der Waals surface area contributed by atoms with Gasteiger partial charge in [-0.2, -0.15) is 0 Å². The minimum Gasteiger partial charge on any atom is -0.462 e. The molecule has 0 N–H and O–H groups in total. The Hall–Kier alpha value is -2.89. The fourth-order valence-corrected chi connectivity index (χ4v) is 6.85. The highest BCUT2D eigenvalue weighted by Crippen LogP contribution is 2.15. The molecule has 0 fully saturated rings. The molecule has 0 heterocycles. The zero-order valence-corrected chi connectivity index (χ0v) is 38.8. The molecule has 0 amide bonds. The van der Waals surface area contributed by atoms with E-state index in [2.05, 4.69) is 69.4 Å². The van der Waals surface area contributed by atoms with Gasteiger partial charge in [-0.25, -0.2) is 0 Å². The zero-order chi connectivity index (χ0) is 43.0. The summed E-state index contributed by atoms with van der Waals surface area (Å²) in [6, 6.07) is 0. The van der Waals surface area contributed by atoms with Crippen molar-refractivity contribution in [2.24, 2.45) is 0 Å². The van der Waals surface area contributed by atoms with Crippen LogP contribution in [0.5, 0.6) is 0 Å². The lowest BCUT2D eigenvalue weighted by Crippen LogP contribution is -2.30. The molecule has 0 aromatic rings. The topological polar surface area (TPSA) is 78.9 Å². The van der Waals surface area contributed by atoms with Gasteiger partial charge in [0, 0.05) is 12.8 Å². The van der Waals surface area contributed by atoms with E-state index in [0.29, 0.717) is 12.8 Å². The van der Waals surface area contributed by atoms with E-state index in [-0.39, 0.29) is 31.6 Å². The normalized spacial score (nSPS) is 12.5. The summed E-state index contributed by atoms with van der Waals surface area (Å²) in [6.45, 7) is 6.39. The van der Waals surface area contributed by atoms with Gasteiger partial charge >= 0.3 is 17.9 Å². The Morgan fingerprint density at radius 1 is 0.390 bits per heavy atom. The number of rotatable bonds is 44. The van der Waals surface area contributed by atoms with Crippen LogP contribution in [0, 0.1) is 0 Å². The number of carbonyl (C=O) groups excluding carboxylic acids is 3. The van der Waals surface area contributed by atoms with E-state index in [9.17, 15) is 14.4 Å². The number of esters is 3. The molecule has 1 atom stereocenters. The van der Waals surface area contributed by atoms with Crippen LogP contribution >= 0.6 is 0 Å². The van der Waals surface area contributed by atoms with Crippen molar-refractivity contribution in [1.82, 2.24) is 0 Å². The van der Waals surface area contributed by atoms with E-state index in [0.717, 1.165) is 57.8 Å². The molecule has 0 aromatic carbocycles. The zero-order valence-electron chi connectivity index (χ0n) is 38.8. The Balaban J connectivity index is 4.33. The molecular weight excluding hydrogens is 733 g/mol. The summed E-state index contributed by atoms with van der Waals surface area (Å²) in [5.41, 5.74) is 0. The lowest BCUT2D eigenvalue weighted by molar-refractivity contribution is -0.166. The monoisotopic (exact) mass is 825 g/mol. The summed E-state index contributed by atoms with van der Waals surface area (Å²) in [4.78, 5) is 37.7. The standard InChI is InChI=1S/C53H92O6/c1-4-7-10-13-16-19-21-23-24-25-26-27-28-30-31-34-37-40-43-46-52(55)58-49-50(48-57-51(54)45-42-39-36-33-18-15-12-9-6-3)59-53(56)47-44-41-38-35-32-29-22-20-17-14-11-8-5-2/h9,12,16,18-19,21,23,33,39,42,50H,4-8,10-11,13-15,17,20,22,24-32,34-38,40-41,43-49H2,1-3H3/b12-9-,19-16-,23-21-,33-18-,42-39-. The molecule has 59 heavy (non-hydrogen) atoms. The highest BCUT2D eigenvalue weighted by molar-refractivity contribution is 5.72. The van der Waals surface area contributed by atoms with Gasteiger partial charge in [0.05, 0.1) is 6.42 Å². The van der Waals surface area contributed by atoms with Crippen molar-refractivity contribution in [1.29, 1.82) is 0 Å². The third-order valence-electron chi connectivity index (χ3n) is 10.6. The first-order valence-corrected chi connectivity index (χ1v) is 24.8. The minimum atomic E-state index is -0.806. The molecule has 0 bridgehead atoms. The molecule has 0 aromatic heterocycles. The number of unbranched alkanes of at least 4 members (excludes halogenated alkanes) is 25. The van der Waals surface area contributed by atoms with Crippen LogP contribution in [0.3, 0.4) is 0 Å². The first-order valence-electron chi connectivity index (χ1n) is 24.8. The van der Waals surface area contributed by atoms with E-state index in [1.807, 2.05) is 6.08 Å². The van der Waals surface area contributed by atoms with Crippen LogP contribution < -0.4 is 0 Å². The van der Waals surface area contributed by atoms with Gasteiger partial charge in [0.25, 0.3) is 0 Å². The molecule has 1 unspecified atom stereocenters. The van der Waals surface area contributed by atoms with Crippen molar-refractivity contribution < 1.29 is 28.6 Å². The third-order valence-corrected chi connectivity index (χ3v) is 10.6. The van der Waals surface area contributed by atoms with Gasteiger partial charge in [-0.3, -0.25) is 14.4 Å². The molecule has 0 saturated carbocycles. The SMILES string of the molecule is CC/C=C\C/C=C\C/C=C\CC(=O)OCC(COC(=O)CCCCCCCCCCCC/C=C\C=C/CCCCC)OC(=O)CCCCCCCCCCCCCCC. The number of hydrogen-bond acceptors (Lipinski definition) is 6. The van der Waals surface area contributed by atoms with Gasteiger partial charge in [0.2, 0.25) is 0 Å². The van der Waals surface area contributed by atoms with Gasteiger partial charge in [-0.15, -0.1) is 0 Å². The molecule has 0 rings (SSSR count). The number of ether oxygens (including phenoxy) is 3. The summed E-state index contributed by atoms with van der Waals surface area (Å²) in [5.74, 6) is -1.03. The molecule has 0 aliphatic rings. The average molecular weight is 825 g/mol. The summed E-state index contributed by atoms with van der Waals surface area (Å²) >= 11 is 0. The molecule has 6 heteroatoms. The Kier molecular flexibility index (Phi) is 45.4. The summed E-state index contributed by atoms with van der Waals surface area (Å²) < 4.78 is 16.6. The maximum atomic E-state index is 12.7. The fraction of sp³-hybridized carbons (Fsp3) is 0.755. The molecule has 0 radical (unpaired) electrons. The average Bonchev–Trinajstić information content (AvgIpc) is 3.23. The van der Waals surface area contributed by atoms with Gasteiger partial charge in [-0.1, -0.05) is 223 Å². The first-order chi connectivity index (χ1) is 29.0. The Morgan fingerprint density at radius 2 is 0.763 bits per heavy atom. The van der Waals surface area contributed by atoms with E-state index in [4.69, 9.17) is 14.2 Å². The van der Waals surface area contributed by atoms with Gasteiger partial charge < -0.3 is 14.2 Å². The highest BCUT2D eigenvalue weighted by Gasteiger charge is 2.19. The van der Waals surface area contributed by atoms with Crippen LogP contribution in [0.4, 0.5) is 0 Å². The smallest absolute Gasteiger partial charge is 0.309 e. The second kappa shape index (κ2) is 47.8. The van der Waals surface area contributed by atoms with E-state index in [1.54, 1.807) is 6.08 Å². The number of carbonyl (C=O) groups is 3. The Bertz CT molecular complexity index is 1090. The van der Waals surface area contributed by atoms with Crippen LogP contribution in [0.2, 0.25) is 0 Å². The molecule has 0 spiro atoms. The fourth-order valence-electron chi connectivity index (χ4n) is 6.85. The van der Waals surface area contributed by atoms with Crippen LogP contribution in [-0.4, -0.2) is 37.2 Å². The summed E-state index contributed by atoms with van der Waals surface area (Å²) in [5, 5.41) is 0. The van der Waals surface area contributed by atoms with E-state index in [1.165, 1.54) is 141 Å². The molecular formula is C53H92O6. The molecule has 0 saturated heterocycles. The van der Waals surface area contributed by atoms with Crippen molar-refractivity contribution in [2.75, 3.05) is 13.2 Å². The molecule has 0 aliphatic heterocycles. The molecule has 340 valence electrons. The molecule has 0 aliphatic carbocycles. The van der Waals surface area contributed by atoms with Crippen molar-refractivity contribution in [3.05, 3.63) is 60.8 Å². The van der Waals surface area contributed by atoms with Crippen LogP contribution in [-0.2, 0) is 28.6 Å². The van der Waals surface area contributed by atoms with E-state index >= 15 is 0 Å². The quantitative estimate of drug-likeness (QED) is 0.0200. The predicted molar refractivity (Wildman–Crippen MR) is 251 cm³/mol. The minimum absolute atomic E-state index is 0.101. The van der Waals surface area contributed by atoms with Crippen molar-refractivity contribution >= 4 is 17.9 Å². The van der Waals surface area contributed by atoms with Crippen LogP contribution in [0.15, 0.2) is 60.8 Å². The van der Waals surface area contributed by atoms with Gasteiger partial charge in [0.15, 0.2) is 6.10 Å². The van der Waals surface area contributed by atoms with Crippen LogP contribution in [0.25, 0.3) is 0 Å². The van der Waals surface area contributed by atoms with Crippen molar-refractivity contribution in [3.8, 4) is 0 Å². The Morgan fingerprint density at radius 3 is 1.25 bits per heavy atom. The van der Waals surface area contributed by atoms with Gasteiger partial charge in [0.1, 0.15) is 13.2 Å².